The maximum atomic E-state index is 5.76. The lowest BCUT2D eigenvalue weighted by Gasteiger charge is -2.30. The number of nitrogens with one attached hydrogen (secondary N) is 2. The number of nitrogens with zero attached hydrogens (tertiary/aromatic N) is 4. The fourth-order valence-corrected chi connectivity index (χ4v) is 2.93. The van der Waals surface area contributed by atoms with E-state index in [9.17, 15) is 0 Å². The van der Waals surface area contributed by atoms with Crippen LogP contribution in [0.2, 0.25) is 0 Å². The van der Waals surface area contributed by atoms with E-state index in [1.165, 1.54) is 11.3 Å². The molecule has 0 amide bonds. The first-order chi connectivity index (χ1) is 11.8. The average Bonchev–Trinajstić information content (AvgIpc) is 3.09. The van der Waals surface area contributed by atoms with E-state index in [2.05, 4.69) is 48.4 Å². The lowest BCUT2D eigenvalue weighted by atomic mass is 10.1. The summed E-state index contributed by atoms with van der Waals surface area (Å²) in [5.41, 5.74) is 9.50. The van der Waals surface area contributed by atoms with Crippen molar-refractivity contribution in [1.29, 1.82) is 0 Å². The van der Waals surface area contributed by atoms with Gasteiger partial charge in [0.15, 0.2) is 11.5 Å². The third-order valence-electron chi connectivity index (χ3n) is 4.09. The zero-order valence-electron chi connectivity index (χ0n) is 13.2. The number of hydrogen-bond donors (Lipinski definition) is 3. The molecule has 3 aromatic rings. The molecule has 0 spiro atoms. The molecule has 1 aliphatic heterocycles. The summed E-state index contributed by atoms with van der Waals surface area (Å²) in [4.78, 5) is 17.9. The van der Waals surface area contributed by atoms with E-state index in [0.717, 1.165) is 31.8 Å². The zero-order valence-corrected chi connectivity index (χ0v) is 13.2. The second kappa shape index (κ2) is 6.32. The summed E-state index contributed by atoms with van der Waals surface area (Å²) in [5, 5.41) is 3.35. The molecule has 4 N–H and O–H groups in total. The Kier molecular flexibility index (Phi) is 3.87. The van der Waals surface area contributed by atoms with Gasteiger partial charge in [0.25, 0.3) is 0 Å². The number of imidazole rings is 1. The minimum Gasteiger partial charge on any atom is -0.378 e. The SMILES string of the molecule is Nc1nc(NCc2ccccc2N2CCOCC2)c2[nH]cnc2n1. The Morgan fingerprint density at radius 1 is 1.21 bits per heavy atom. The zero-order chi connectivity index (χ0) is 16.4. The minimum atomic E-state index is 0.207. The summed E-state index contributed by atoms with van der Waals surface area (Å²) >= 11 is 0. The van der Waals surface area contributed by atoms with Crippen LogP contribution in [0.1, 0.15) is 5.56 Å². The second-order valence-corrected chi connectivity index (χ2v) is 5.61. The standard InChI is InChI=1S/C16H19N7O/c17-16-21-14(13-15(22-16)20-10-19-13)18-9-11-3-1-2-4-12(11)23-5-7-24-8-6-23/h1-4,10H,5-9H2,(H4,17,18,19,20,21,22). The van der Waals surface area contributed by atoms with Gasteiger partial charge in [-0.2, -0.15) is 9.97 Å². The molecule has 0 saturated carbocycles. The molecule has 1 saturated heterocycles. The van der Waals surface area contributed by atoms with E-state index in [1.807, 2.05) is 6.07 Å². The number of ether oxygens (including phenoxy) is 1. The summed E-state index contributed by atoms with van der Waals surface area (Å²) in [6, 6.07) is 8.36. The van der Waals surface area contributed by atoms with Gasteiger partial charge in [-0.3, -0.25) is 0 Å². The van der Waals surface area contributed by atoms with Crippen LogP contribution in [0.3, 0.4) is 0 Å². The van der Waals surface area contributed by atoms with Crippen molar-refractivity contribution >= 4 is 28.6 Å². The number of para-hydroxylation sites is 1. The van der Waals surface area contributed by atoms with Gasteiger partial charge in [-0.1, -0.05) is 18.2 Å². The average molecular weight is 325 g/mol. The molecule has 0 radical (unpaired) electrons. The topological polar surface area (TPSA) is 105 Å². The van der Waals surface area contributed by atoms with Gasteiger partial charge in [0.1, 0.15) is 5.52 Å². The van der Waals surface area contributed by atoms with Crippen molar-refractivity contribution < 1.29 is 4.74 Å². The van der Waals surface area contributed by atoms with Gasteiger partial charge in [0.2, 0.25) is 5.95 Å². The van der Waals surface area contributed by atoms with Gasteiger partial charge in [-0.05, 0) is 11.6 Å². The molecular formula is C16H19N7O. The van der Waals surface area contributed by atoms with Gasteiger partial charge in [0, 0.05) is 25.3 Å². The Bertz CT molecular complexity index is 841. The van der Waals surface area contributed by atoms with Crippen molar-refractivity contribution in [3.63, 3.8) is 0 Å². The van der Waals surface area contributed by atoms with Crippen LogP contribution in [0.15, 0.2) is 30.6 Å². The first-order valence-electron chi connectivity index (χ1n) is 7.92. The molecule has 2 aromatic heterocycles. The van der Waals surface area contributed by atoms with Crippen molar-refractivity contribution in [3.05, 3.63) is 36.2 Å². The number of hydrogen-bond acceptors (Lipinski definition) is 7. The number of aromatic amines is 1. The van der Waals surface area contributed by atoms with Crippen molar-refractivity contribution in [2.45, 2.75) is 6.54 Å². The van der Waals surface area contributed by atoms with Crippen molar-refractivity contribution in [2.24, 2.45) is 0 Å². The number of benzene rings is 1. The maximum absolute atomic E-state index is 5.76. The van der Waals surface area contributed by atoms with E-state index < -0.39 is 0 Å². The summed E-state index contributed by atoms with van der Waals surface area (Å²) in [5.74, 6) is 0.866. The smallest absolute Gasteiger partial charge is 0.224 e. The molecule has 0 aliphatic carbocycles. The summed E-state index contributed by atoms with van der Waals surface area (Å²) in [6.45, 7) is 3.97. The summed E-state index contributed by atoms with van der Waals surface area (Å²) < 4.78 is 5.44. The van der Waals surface area contributed by atoms with Crippen LogP contribution in [-0.2, 0) is 11.3 Å². The largest absolute Gasteiger partial charge is 0.378 e. The quantitative estimate of drug-likeness (QED) is 0.665. The highest BCUT2D eigenvalue weighted by Crippen LogP contribution is 2.24. The Balaban J connectivity index is 1.58. The molecule has 8 nitrogen and oxygen atoms in total. The molecule has 8 heteroatoms. The molecule has 0 bridgehead atoms. The van der Waals surface area contributed by atoms with Crippen LogP contribution in [-0.4, -0.2) is 46.2 Å². The Labute approximate surface area is 139 Å². The Hall–Kier alpha value is -2.87. The fraction of sp³-hybridized carbons (Fsp3) is 0.312. The van der Waals surface area contributed by atoms with Gasteiger partial charge in [0.05, 0.1) is 19.5 Å². The molecule has 4 rings (SSSR count). The summed E-state index contributed by atoms with van der Waals surface area (Å²) in [6.07, 6.45) is 1.59. The van der Waals surface area contributed by atoms with E-state index in [0.29, 0.717) is 18.0 Å². The third-order valence-corrected chi connectivity index (χ3v) is 4.09. The number of anilines is 3. The summed E-state index contributed by atoms with van der Waals surface area (Å²) in [7, 11) is 0. The van der Waals surface area contributed by atoms with Crippen LogP contribution < -0.4 is 16.0 Å². The van der Waals surface area contributed by atoms with Gasteiger partial charge >= 0.3 is 0 Å². The fourth-order valence-electron chi connectivity index (χ4n) is 2.93. The van der Waals surface area contributed by atoms with E-state index in [1.54, 1.807) is 6.33 Å². The van der Waals surface area contributed by atoms with E-state index in [-0.39, 0.29) is 5.95 Å². The number of rotatable bonds is 4. The number of morpholine rings is 1. The normalized spacial score (nSPS) is 14.9. The minimum absolute atomic E-state index is 0.207. The predicted octanol–water partition coefficient (Wildman–Crippen LogP) is 1.38. The molecule has 0 unspecified atom stereocenters. The number of H-pyrrole nitrogens is 1. The highest BCUT2D eigenvalue weighted by atomic mass is 16.5. The van der Waals surface area contributed by atoms with Crippen LogP contribution in [0.4, 0.5) is 17.5 Å². The molecule has 0 atom stereocenters. The molecule has 24 heavy (non-hydrogen) atoms. The highest BCUT2D eigenvalue weighted by molar-refractivity contribution is 5.83. The monoisotopic (exact) mass is 325 g/mol. The van der Waals surface area contributed by atoms with Gasteiger partial charge < -0.3 is 25.7 Å². The molecule has 124 valence electrons. The first kappa shape index (κ1) is 14.7. The molecular weight excluding hydrogens is 306 g/mol. The van der Waals surface area contributed by atoms with Crippen LogP contribution in [0.25, 0.3) is 11.2 Å². The molecule has 3 heterocycles. The van der Waals surface area contributed by atoms with Crippen molar-refractivity contribution in [3.8, 4) is 0 Å². The third kappa shape index (κ3) is 2.83. The Morgan fingerprint density at radius 2 is 2.04 bits per heavy atom. The maximum Gasteiger partial charge on any atom is 0.224 e. The van der Waals surface area contributed by atoms with Gasteiger partial charge in [-0.25, -0.2) is 4.98 Å². The predicted molar refractivity (Wildman–Crippen MR) is 92.9 cm³/mol. The number of nitrogen functional groups attached to an aromatic ring is 1. The Morgan fingerprint density at radius 3 is 2.92 bits per heavy atom. The number of nitrogens with two attached hydrogens (primary N) is 1. The second-order valence-electron chi connectivity index (χ2n) is 5.61. The van der Waals surface area contributed by atoms with Crippen LogP contribution in [0.5, 0.6) is 0 Å². The van der Waals surface area contributed by atoms with Gasteiger partial charge in [-0.15, -0.1) is 0 Å². The van der Waals surface area contributed by atoms with E-state index in [4.69, 9.17) is 10.5 Å². The lowest BCUT2D eigenvalue weighted by Crippen LogP contribution is -2.36. The molecule has 1 aliphatic rings. The first-order valence-corrected chi connectivity index (χ1v) is 7.92. The lowest BCUT2D eigenvalue weighted by molar-refractivity contribution is 0.122. The van der Waals surface area contributed by atoms with E-state index >= 15 is 0 Å². The molecule has 1 aromatic carbocycles. The van der Waals surface area contributed by atoms with Crippen molar-refractivity contribution in [1.82, 2.24) is 19.9 Å². The molecule has 1 fully saturated rings. The van der Waals surface area contributed by atoms with Crippen LogP contribution >= 0.6 is 0 Å². The van der Waals surface area contributed by atoms with Crippen molar-refractivity contribution in [2.75, 3.05) is 42.3 Å². The highest BCUT2D eigenvalue weighted by Gasteiger charge is 2.15. The van der Waals surface area contributed by atoms with Crippen LogP contribution in [0, 0.1) is 0 Å². The number of aromatic nitrogens is 4. The number of fused-ring (bicyclic) bond motifs is 1.